The molecule has 1 aromatic carbocycles. The van der Waals surface area contributed by atoms with Crippen LogP contribution in [0.1, 0.15) is 12.5 Å². The molecule has 0 unspecified atom stereocenters. The van der Waals surface area contributed by atoms with Crippen LogP contribution in [0.2, 0.25) is 0 Å². The van der Waals surface area contributed by atoms with E-state index in [2.05, 4.69) is 10.4 Å². The van der Waals surface area contributed by atoms with Crippen molar-refractivity contribution >= 4 is 5.69 Å². The number of phenols is 1. The predicted octanol–water partition coefficient (Wildman–Crippen LogP) is 1.43. The highest BCUT2D eigenvalue weighted by Crippen LogP contribution is 2.10. The second kappa shape index (κ2) is 5.35. The smallest absolute Gasteiger partial charge is 0.269 e. The summed E-state index contributed by atoms with van der Waals surface area (Å²) in [5.74, 6) is 0.210. The lowest BCUT2D eigenvalue weighted by Gasteiger charge is -2.06. The fourth-order valence-corrected chi connectivity index (χ4v) is 1.63. The minimum atomic E-state index is -0.151. The minimum absolute atomic E-state index is 0.151. The second-order valence-electron chi connectivity index (χ2n) is 3.94. The van der Waals surface area contributed by atoms with Crippen LogP contribution in [0.15, 0.2) is 41.3 Å². The van der Waals surface area contributed by atoms with E-state index in [1.807, 2.05) is 6.92 Å². The van der Waals surface area contributed by atoms with Gasteiger partial charge in [0, 0.05) is 12.6 Å². The lowest BCUT2D eigenvalue weighted by molar-refractivity contribution is 0.475. The number of rotatable bonds is 4. The average molecular weight is 245 g/mol. The topological polar surface area (TPSA) is 67.2 Å². The first kappa shape index (κ1) is 12.2. The summed E-state index contributed by atoms with van der Waals surface area (Å²) in [5.41, 5.74) is 1.49. The molecule has 5 heteroatoms. The van der Waals surface area contributed by atoms with Gasteiger partial charge in [-0.15, -0.1) is 0 Å². The van der Waals surface area contributed by atoms with Crippen LogP contribution in [-0.2, 0) is 6.54 Å². The first-order valence-corrected chi connectivity index (χ1v) is 5.78. The van der Waals surface area contributed by atoms with E-state index in [9.17, 15) is 9.90 Å². The second-order valence-corrected chi connectivity index (χ2v) is 3.94. The summed E-state index contributed by atoms with van der Waals surface area (Å²) in [6, 6.07) is 8.24. The molecular weight excluding hydrogens is 230 g/mol. The van der Waals surface area contributed by atoms with Crippen LogP contribution in [0.3, 0.4) is 0 Å². The first-order chi connectivity index (χ1) is 8.69. The molecule has 0 saturated carbocycles. The highest BCUT2D eigenvalue weighted by Gasteiger charge is 2.01. The Kier molecular flexibility index (Phi) is 3.62. The summed E-state index contributed by atoms with van der Waals surface area (Å²) < 4.78 is 1.38. The highest BCUT2D eigenvalue weighted by atomic mass is 16.3. The fraction of sp³-hybridized carbons (Fsp3) is 0.231. The normalized spacial score (nSPS) is 10.3. The standard InChI is InChI=1S/C13H15N3O2/c1-2-14-11-7-13(18)16(15-8-11)9-10-3-5-12(17)6-4-10/h3-8,14,17H,2,9H2,1H3. The van der Waals surface area contributed by atoms with Crippen molar-refractivity contribution in [3.63, 3.8) is 0 Å². The van der Waals surface area contributed by atoms with Gasteiger partial charge in [0.1, 0.15) is 5.75 Å². The monoisotopic (exact) mass is 245 g/mol. The van der Waals surface area contributed by atoms with E-state index in [4.69, 9.17) is 0 Å². The molecule has 0 saturated heterocycles. The zero-order chi connectivity index (χ0) is 13.0. The van der Waals surface area contributed by atoms with Gasteiger partial charge >= 0.3 is 0 Å². The number of aromatic hydroxyl groups is 1. The summed E-state index contributed by atoms with van der Waals surface area (Å²) >= 11 is 0. The third-order valence-electron chi connectivity index (χ3n) is 2.52. The zero-order valence-corrected chi connectivity index (χ0v) is 10.1. The highest BCUT2D eigenvalue weighted by molar-refractivity contribution is 5.38. The van der Waals surface area contributed by atoms with Crippen LogP contribution in [0.5, 0.6) is 5.75 Å². The van der Waals surface area contributed by atoms with Gasteiger partial charge in [-0.25, -0.2) is 4.68 Å². The Balaban J connectivity index is 2.19. The van der Waals surface area contributed by atoms with Gasteiger partial charge in [-0.05, 0) is 24.6 Å². The van der Waals surface area contributed by atoms with Crippen LogP contribution >= 0.6 is 0 Å². The van der Waals surface area contributed by atoms with E-state index in [-0.39, 0.29) is 11.3 Å². The van der Waals surface area contributed by atoms with E-state index in [1.165, 1.54) is 10.7 Å². The van der Waals surface area contributed by atoms with Crippen LogP contribution < -0.4 is 10.9 Å². The maximum absolute atomic E-state index is 11.8. The molecule has 5 nitrogen and oxygen atoms in total. The van der Waals surface area contributed by atoms with Crippen molar-refractivity contribution in [2.45, 2.75) is 13.5 Å². The third kappa shape index (κ3) is 2.88. The lowest BCUT2D eigenvalue weighted by atomic mass is 10.2. The number of anilines is 1. The van der Waals surface area contributed by atoms with E-state index < -0.39 is 0 Å². The molecule has 2 aromatic rings. The van der Waals surface area contributed by atoms with Gasteiger partial charge in [0.15, 0.2) is 0 Å². The Hall–Kier alpha value is -2.30. The molecule has 0 bridgehead atoms. The number of nitrogens with zero attached hydrogens (tertiary/aromatic N) is 2. The Morgan fingerprint density at radius 3 is 2.67 bits per heavy atom. The molecule has 0 radical (unpaired) electrons. The molecular formula is C13H15N3O2. The van der Waals surface area contributed by atoms with Crippen molar-refractivity contribution in [2.75, 3.05) is 11.9 Å². The molecule has 94 valence electrons. The first-order valence-electron chi connectivity index (χ1n) is 5.78. The Morgan fingerprint density at radius 2 is 2.06 bits per heavy atom. The SMILES string of the molecule is CCNc1cnn(Cc2ccc(O)cc2)c(=O)c1. The molecule has 0 aliphatic heterocycles. The molecule has 0 aliphatic carbocycles. The summed E-state index contributed by atoms with van der Waals surface area (Å²) in [6.45, 7) is 3.11. The maximum atomic E-state index is 11.8. The van der Waals surface area contributed by atoms with Crippen molar-refractivity contribution < 1.29 is 5.11 Å². The van der Waals surface area contributed by atoms with Gasteiger partial charge < -0.3 is 10.4 Å². The molecule has 1 heterocycles. The molecule has 1 aromatic heterocycles. The summed E-state index contributed by atoms with van der Waals surface area (Å²) in [4.78, 5) is 11.8. The molecule has 2 N–H and O–H groups in total. The molecule has 2 rings (SSSR count). The largest absolute Gasteiger partial charge is 0.508 e. The quantitative estimate of drug-likeness (QED) is 0.855. The number of phenolic OH excluding ortho intramolecular Hbond substituents is 1. The Morgan fingerprint density at radius 1 is 1.33 bits per heavy atom. The molecule has 0 amide bonds. The molecule has 0 fully saturated rings. The van der Waals surface area contributed by atoms with Crippen molar-refractivity contribution in [1.82, 2.24) is 9.78 Å². The summed E-state index contributed by atoms with van der Waals surface area (Å²) in [7, 11) is 0. The van der Waals surface area contributed by atoms with E-state index in [0.717, 1.165) is 17.8 Å². The number of hydrogen-bond donors (Lipinski definition) is 2. The Bertz CT molecular complexity index is 576. The van der Waals surface area contributed by atoms with Crippen molar-refractivity contribution in [3.05, 3.63) is 52.4 Å². The average Bonchev–Trinajstić information content (AvgIpc) is 2.36. The number of nitrogens with one attached hydrogen (secondary N) is 1. The van der Waals surface area contributed by atoms with Crippen LogP contribution in [-0.4, -0.2) is 21.4 Å². The molecule has 0 aliphatic rings. The summed E-state index contributed by atoms with van der Waals surface area (Å²) in [5, 5.41) is 16.3. The van der Waals surface area contributed by atoms with E-state index in [0.29, 0.717) is 6.54 Å². The van der Waals surface area contributed by atoms with Gasteiger partial charge in [0.05, 0.1) is 18.4 Å². The zero-order valence-electron chi connectivity index (χ0n) is 10.1. The lowest BCUT2D eigenvalue weighted by Crippen LogP contribution is -2.23. The predicted molar refractivity (Wildman–Crippen MR) is 69.9 cm³/mol. The van der Waals surface area contributed by atoms with Crippen molar-refractivity contribution in [3.8, 4) is 5.75 Å². The van der Waals surface area contributed by atoms with Crippen LogP contribution in [0, 0.1) is 0 Å². The van der Waals surface area contributed by atoms with Crippen LogP contribution in [0.4, 0.5) is 5.69 Å². The molecule has 18 heavy (non-hydrogen) atoms. The van der Waals surface area contributed by atoms with Gasteiger partial charge in [-0.1, -0.05) is 12.1 Å². The number of benzene rings is 1. The molecule has 0 spiro atoms. The van der Waals surface area contributed by atoms with E-state index in [1.54, 1.807) is 30.5 Å². The van der Waals surface area contributed by atoms with Gasteiger partial charge in [-0.3, -0.25) is 4.79 Å². The van der Waals surface area contributed by atoms with Crippen molar-refractivity contribution in [1.29, 1.82) is 0 Å². The third-order valence-corrected chi connectivity index (χ3v) is 2.52. The van der Waals surface area contributed by atoms with Crippen molar-refractivity contribution in [2.24, 2.45) is 0 Å². The van der Waals surface area contributed by atoms with Gasteiger partial charge in [0.2, 0.25) is 0 Å². The van der Waals surface area contributed by atoms with Gasteiger partial charge in [0.25, 0.3) is 5.56 Å². The molecule has 0 atom stereocenters. The van der Waals surface area contributed by atoms with Gasteiger partial charge in [-0.2, -0.15) is 5.10 Å². The fourth-order valence-electron chi connectivity index (χ4n) is 1.63. The Labute approximate surface area is 105 Å². The summed E-state index contributed by atoms with van der Waals surface area (Å²) in [6.07, 6.45) is 1.63. The number of hydrogen-bond acceptors (Lipinski definition) is 4. The number of aromatic nitrogens is 2. The minimum Gasteiger partial charge on any atom is -0.508 e. The van der Waals surface area contributed by atoms with Crippen LogP contribution in [0.25, 0.3) is 0 Å². The maximum Gasteiger partial charge on any atom is 0.269 e. The van der Waals surface area contributed by atoms with E-state index >= 15 is 0 Å².